The van der Waals surface area contributed by atoms with E-state index in [1.54, 1.807) is 6.07 Å². The van der Waals surface area contributed by atoms with E-state index in [-0.39, 0.29) is 24.0 Å². The fraction of sp³-hybridized carbons (Fsp3) is 0.273. The summed E-state index contributed by atoms with van der Waals surface area (Å²) in [6.45, 7) is 6.31. The van der Waals surface area contributed by atoms with Crippen LogP contribution in [0.25, 0.3) is 10.9 Å². The number of aromatic amines is 1. The number of fused-ring (bicyclic) bond motifs is 1. The molecule has 0 aliphatic rings. The molecule has 2 aromatic carbocycles. The van der Waals surface area contributed by atoms with Gasteiger partial charge in [0, 0.05) is 29.7 Å². The van der Waals surface area contributed by atoms with Crippen molar-refractivity contribution in [3.63, 3.8) is 0 Å². The predicted octanol–water partition coefficient (Wildman–Crippen LogP) is 4.26. The molecule has 0 fully saturated rings. The summed E-state index contributed by atoms with van der Waals surface area (Å²) in [5, 5.41) is 17.0. The summed E-state index contributed by atoms with van der Waals surface area (Å²) in [5.41, 5.74) is 5.43. The molecule has 0 saturated heterocycles. The minimum atomic E-state index is 0. The van der Waals surface area contributed by atoms with Crippen LogP contribution in [0.2, 0.25) is 0 Å². The second-order valence-corrected chi connectivity index (χ2v) is 6.46. The standard InChI is InChI=1S/C22H25N5.HI/c1-3-24-22(26-15-18-8-6-7-17(13-18)14-23)25-12-11-19-16(2)27-21-10-5-4-9-20(19)21;/h4-10,13,27H,3,11-12,15H2,1-2H3,(H2,24,25,26);1H. The van der Waals surface area contributed by atoms with Crippen LogP contribution in [0, 0.1) is 18.3 Å². The molecule has 0 aliphatic carbocycles. The first-order valence-electron chi connectivity index (χ1n) is 9.28. The topological polar surface area (TPSA) is 76.0 Å². The summed E-state index contributed by atoms with van der Waals surface area (Å²) in [6, 6.07) is 18.1. The number of halogens is 1. The Labute approximate surface area is 183 Å². The maximum absolute atomic E-state index is 9.01. The van der Waals surface area contributed by atoms with Gasteiger partial charge in [-0.25, -0.2) is 4.99 Å². The van der Waals surface area contributed by atoms with Crippen molar-refractivity contribution < 1.29 is 0 Å². The molecule has 0 unspecified atom stereocenters. The third kappa shape index (κ3) is 5.49. The van der Waals surface area contributed by atoms with E-state index in [4.69, 9.17) is 5.26 Å². The van der Waals surface area contributed by atoms with Gasteiger partial charge in [-0.05, 0) is 49.6 Å². The zero-order chi connectivity index (χ0) is 19.1. The number of nitriles is 1. The van der Waals surface area contributed by atoms with E-state index in [1.807, 2.05) is 18.2 Å². The zero-order valence-electron chi connectivity index (χ0n) is 16.2. The predicted molar refractivity (Wildman–Crippen MR) is 126 cm³/mol. The van der Waals surface area contributed by atoms with Crippen LogP contribution in [0.1, 0.15) is 29.3 Å². The largest absolute Gasteiger partial charge is 0.358 e. The van der Waals surface area contributed by atoms with Gasteiger partial charge in [-0.1, -0.05) is 30.3 Å². The SMILES string of the molecule is CCNC(=NCc1cccc(C#N)c1)NCCc1c(C)[nH]c2ccccc12.I. The molecular weight excluding hydrogens is 461 g/mol. The Kier molecular flexibility index (Phi) is 8.33. The van der Waals surface area contributed by atoms with Crippen molar-refractivity contribution in [2.75, 3.05) is 13.1 Å². The van der Waals surface area contributed by atoms with Crippen molar-refractivity contribution in [1.29, 1.82) is 5.26 Å². The number of H-pyrrole nitrogens is 1. The summed E-state index contributed by atoms with van der Waals surface area (Å²) in [6.07, 6.45) is 0.921. The van der Waals surface area contributed by atoms with Gasteiger partial charge in [0.15, 0.2) is 5.96 Å². The van der Waals surface area contributed by atoms with Crippen molar-refractivity contribution in [1.82, 2.24) is 15.6 Å². The molecule has 0 aliphatic heterocycles. The Morgan fingerprint density at radius 1 is 1.14 bits per heavy atom. The quantitative estimate of drug-likeness (QED) is 0.276. The summed E-state index contributed by atoms with van der Waals surface area (Å²) in [5.74, 6) is 0.789. The van der Waals surface area contributed by atoms with Crippen molar-refractivity contribution in [2.45, 2.75) is 26.8 Å². The minimum Gasteiger partial charge on any atom is -0.358 e. The number of aryl methyl sites for hydroxylation is 1. The van der Waals surface area contributed by atoms with E-state index in [1.165, 1.54) is 22.2 Å². The van der Waals surface area contributed by atoms with E-state index < -0.39 is 0 Å². The number of nitrogens with one attached hydrogen (secondary N) is 3. The van der Waals surface area contributed by atoms with Gasteiger partial charge in [0.05, 0.1) is 18.2 Å². The van der Waals surface area contributed by atoms with Crippen LogP contribution >= 0.6 is 24.0 Å². The molecular formula is C22H26IN5. The zero-order valence-corrected chi connectivity index (χ0v) is 18.6. The highest BCUT2D eigenvalue weighted by molar-refractivity contribution is 14.0. The van der Waals surface area contributed by atoms with Gasteiger partial charge >= 0.3 is 0 Å². The van der Waals surface area contributed by atoms with Gasteiger partial charge < -0.3 is 15.6 Å². The molecule has 3 rings (SSSR count). The number of para-hydroxylation sites is 1. The summed E-state index contributed by atoms with van der Waals surface area (Å²) in [4.78, 5) is 8.09. The molecule has 146 valence electrons. The number of aromatic nitrogens is 1. The lowest BCUT2D eigenvalue weighted by Gasteiger charge is -2.11. The number of aliphatic imine (C=N–C) groups is 1. The second kappa shape index (κ2) is 10.7. The Balaban J connectivity index is 0.00000280. The molecule has 0 saturated carbocycles. The Morgan fingerprint density at radius 3 is 2.75 bits per heavy atom. The maximum atomic E-state index is 9.01. The second-order valence-electron chi connectivity index (χ2n) is 6.46. The first-order chi connectivity index (χ1) is 13.2. The number of guanidine groups is 1. The normalized spacial score (nSPS) is 11.0. The van der Waals surface area contributed by atoms with Crippen LogP contribution in [0.3, 0.4) is 0 Å². The number of rotatable bonds is 6. The van der Waals surface area contributed by atoms with Crippen LogP contribution in [0.15, 0.2) is 53.5 Å². The van der Waals surface area contributed by atoms with Gasteiger partial charge in [-0.3, -0.25) is 0 Å². The van der Waals surface area contributed by atoms with E-state index >= 15 is 0 Å². The van der Waals surface area contributed by atoms with Crippen LogP contribution in [0.5, 0.6) is 0 Å². The highest BCUT2D eigenvalue weighted by Gasteiger charge is 2.08. The highest BCUT2D eigenvalue weighted by atomic mass is 127. The smallest absolute Gasteiger partial charge is 0.191 e. The third-order valence-corrected chi connectivity index (χ3v) is 4.51. The summed E-state index contributed by atoms with van der Waals surface area (Å²) >= 11 is 0. The molecule has 0 bridgehead atoms. The third-order valence-electron chi connectivity index (χ3n) is 4.51. The molecule has 1 aromatic heterocycles. The number of hydrogen-bond donors (Lipinski definition) is 3. The number of nitrogens with zero attached hydrogens (tertiary/aromatic N) is 2. The van der Waals surface area contributed by atoms with E-state index in [0.717, 1.165) is 31.0 Å². The Bertz CT molecular complexity index is 984. The van der Waals surface area contributed by atoms with Gasteiger partial charge in [-0.15, -0.1) is 24.0 Å². The van der Waals surface area contributed by atoms with Crippen LogP contribution in [-0.4, -0.2) is 24.0 Å². The first-order valence-corrected chi connectivity index (χ1v) is 9.28. The van der Waals surface area contributed by atoms with Crippen molar-refractivity contribution in [3.05, 3.63) is 70.9 Å². The molecule has 5 nitrogen and oxygen atoms in total. The van der Waals surface area contributed by atoms with Gasteiger partial charge in [0.1, 0.15) is 0 Å². The lowest BCUT2D eigenvalue weighted by molar-refractivity contribution is 0.799. The molecule has 28 heavy (non-hydrogen) atoms. The molecule has 3 N–H and O–H groups in total. The molecule has 0 spiro atoms. The fourth-order valence-electron chi connectivity index (χ4n) is 3.21. The highest BCUT2D eigenvalue weighted by Crippen LogP contribution is 2.21. The summed E-state index contributed by atoms with van der Waals surface area (Å²) in [7, 11) is 0. The summed E-state index contributed by atoms with van der Waals surface area (Å²) < 4.78 is 0. The van der Waals surface area contributed by atoms with Gasteiger partial charge in [0.25, 0.3) is 0 Å². The van der Waals surface area contributed by atoms with Gasteiger partial charge in [0.2, 0.25) is 0 Å². The lowest BCUT2D eigenvalue weighted by atomic mass is 10.1. The van der Waals surface area contributed by atoms with Crippen LogP contribution < -0.4 is 10.6 Å². The molecule has 1 heterocycles. The van der Waals surface area contributed by atoms with Crippen molar-refractivity contribution in [3.8, 4) is 6.07 Å². The first kappa shape index (κ1) is 21.8. The molecule has 3 aromatic rings. The molecule has 0 amide bonds. The minimum absolute atomic E-state index is 0. The lowest BCUT2D eigenvalue weighted by Crippen LogP contribution is -2.38. The average Bonchev–Trinajstić information content (AvgIpc) is 3.01. The maximum Gasteiger partial charge on any atom is 0.191 e. The molecule has 0 radical (unpaired) electrons. The Morgan fingerprint density at radius 2 is 1.96 bits per heavy atom. The van der Waals surface area contributed by atoms with Crippen molar-refractivity contribution in [2.24, 2.45) is 4.99 Å². The Hall–Kier alpha value is -2.53. The van der Waals surface area contributed by atoms with Gasteiger partial charge in [-0.2, -0.15) is 5.26 Å². The number of hydrogen-bond acceptors (Lipinski definition) is 2. The van der Waals surface area contributed by atoms with Crippen LogP contribution in [-0.2, 0) is 13.0 Å². The monoisotopic (exact) mass is 487 g/mol. The average molecular weight is 487 g/mol. The van der Waals surface area contributed by atoms with E-state index in [9.17, 15) is 0 Å². The molecule has 0 atom stereocenters. The fourth-order valence-corrected chi connectivity index (χ4v) is 3.21. The van der Waals surface area contributed by atoms with E-state index in [2.05, 4.69) is 64.8 Å². The number of benzene rings is 2. The van der Waals surface area contributed by atoms with E-state index in [0.29, 0.717) is 12.1 Å². The van der Waals surface area contributed by atoms with Crippen molar-refractivity contribution >= 4 is 40.8 Å². The molecule has 6 heteroatoms. The van der Waals surface area contributed by atoms with Crippen LogP contribution in [0.4, 0.5) is 0 Å².